The van der Waals surface area contributed by atoms with Gasteiger partial charge in [0, 0.05) is 37.9 Å². The van der Waals surface area contributed by atoms with Gasteiger partial charge < -0.3 is 14.3 Å². The molecule has 4 rings (SSSR count). The molecule has 3 aromatic rings. The maximum Gasteiger partial charge on any atom is 0.416 e. The van der Waals surface area contributed by atoms with Crippen LogP contribution in [0, 0.1) is 0 Å². The van der Waals surface area contributed by atoms with Crippen LogP contribution < -0.4 is 0 Å². The molecule has 0 aliphatic carbocycles. The first-order valence-corrected chi connectivity index (χ1v) is 9.27. The third-order valence-electron chi connectivity index (χ3n) is 4.92. The van der Waals surface area contributed by atoms with Crippen molar-refractivity contribution in [2.75, 3.05) is 33.2 Å². The third-order valence-corrected chi connectivity index (χ3v) is 4.92. The van der Waals surface area contributed by atoms with Crippen LogP contribution in [0.5, 0.6) is 0 Å². The van der Waals surface area contributed by atoms with Crippen LogP contribution in [0.2, 0.25) is 0 Å². The number of alkyl halides is 3. The maximum atomic E-state index is 12.7. The molecule has 1 aromatic carbocycles. The number of nitrogens with zero attached hydrogens (tertiary/aromatic N) is 5. The zero-order valence-electron chi connectivity index (χ0n) is 16.1. The molecule has 10 heteroatoms. The molecule has 1 aliphatic heterocycles. The number of hydrogen-bond donors (Lipinski definition) is 0. The molecule has 1 saturated heterocycles. The summed E-state index contributed by atoms with van der Waals surface area (Å²) in [4.78, 5) is 24.9. The van der Waals surface area contributed by atoms with Crippen molar-refractivity contribution in [3.63, 3.8) is 0 Å². The molecular formula is C20H18F3N5O2. The first kappa shape index (κ1) is 20.0. The topological polar surface area (TPSA) is 75.4 Å². The summed E-state index contributed by atoms with van der Waals surface area (Å²) < 4.78 is 43.2. The second kappa shape index (κ2) is 7.86. The number of aromatic nitrogens is 3. The molecule has 1 amide bonds. The Bertz CT molecular complexity index is 1020. The van der Waals surface area contributed by atoms with Gasteiger partial charge in [-0.25, -0.2) is 0 Å². The Balaban J connectivity index is 1.48. The highest BCUT2D eigenvalue weighted by atomic mass is 19.4. The van der Waals surface area contributed by atoms with Crippen molar-refractivity contribution < 1.29 is 22.5 Å². The van der Waals surface area contributed by atoms with E-state index in [9.17, 15) is 18.0 Å². The number of rotatable bonds is 3. The van der Waals surface area contributed by atoms with Crippen LogP contribution in [-0.2, 0) is 6.18 Å². The largest absolute Gasteiger partial charge is 0.416 e. The molecular weight excluding hydrogens is 399 g/mol. The van der Waals surface area contributed by atoms with Gasteiger partial charge in [-0.1, -0.05) is 17.3 Å². The predicted octanol–water partition coefficient (Wildman–Crippen LogP) is 3.21. The number of pyridine rings is 1. The molecule has 7 nitrogen and oxygen atoms in total. The summed E-state index contributed by atoms with van der Waals surface area (Å²) in [5.74, 6) is 0.180. The van der Waals surface area contributed by atoms with Gasteiger partial charge in [-0.2, -0.15) is 18.2 Å². The molecule has 0 spiro atoms. The zero-order chi connectivity index (χ0) is 21.3. The minimum Gasteiger partial charge on any atom is -0.336 e. The summed E-state index contributed by atoms with van der Waals surface area (Å²) in [6.45, 7) is 2.98. The third kappa shape index (κ3) is 4.18. The fourth-order valence-corrected chi connectivity index (χ4v) is 3.09. The number of hydrogen-bond acceptors (Lipinski definition) is 6. The number of carbonyl (C=O) groups is 1. The van der Waals surface area contributed by atoms with Gasteiger partial charge in [-0.3, -0.25) is 9.78 Å². The standard InChI is InChI=1S/C20H18F3N5O2/c1-27-8-10-28(11-9-27)19(29)14-4-7-16(24-12-14)18-25-17(26-30-18)13-2-5-15(6-3-13)20(21,22)23/h2-7,12H,8-11H2,1H3. The van der Waals surface area contributed by atoms with E-state index in [1.54, 1.807) is 17.0 Å². The van der Waals surface area contributed by atoms with Gasteiger partial charge in [-0.15, -0.1) is 0 Å². The molecule has 1 aliphatic rings. The molecule has 0 radical (unpaired) electrons. The van der Waals surface area contributed by atoms with Crippen LogP contribution in [0.4, 0.5) is 13.2 Å². The highest BCUT2D eigenvalue weighted by Gasteiger charge is 2.30. The van der Waals surface area contributed by atoms with Crippen molar-refractivity contribution in [2.24, 2.45) is 0 Å². The monoisotopic (exact) mass is 417 g/mol. The van der Waals surface area contributed by atoms with Gasteiger partial charge in [0.25, 0.3) is 11.8 Å². The number of likely N-dealkylation sites (N-methyl/N-ethyl adjacent to an activating group) is 1. The molecule has 0 saturated carbocycles. The summed E-state index contributed by atoms with van der Waals surface area (Å²) in [6, 6.07) is 7.73. The Labute approximate surface area is 170 Å². The van der Waals surface area contributed by atoms with Gasteiger partial charge in [0.15, 0.2) is 0 Å². The van der Waals surface area contributed by atoms with E-state index in [1.165, 1.54) is 18.3 Å². The molecule has 0 atom stereocenters. The number of carbonyl (C=O) groups excluding carboxylic acids is 1. The van der Waals surface area contributed by atoms with E-state index in [-0.39, 0.29) is 17.6 Å². The summed E-state index contributed by atoms with van der Waals surface area (Å²) in [5, 5.41) is 3.81. The van der Waals surface area contributed by atoms with Gasteiger partial charge in [0.05, 0.1) is 11.1 Å². The van der Waals surface area contributed by atoms with Crippen molar-refractivity contribution >= 4 is 5.91 Å². The molecule has 0 unspecified atom stereocenters. The smallest absolute Gasteiger partial charge is 0.336 e. The van der Waals surface area contributed by atoms with Gasteiger partial charge >= 0.3 is 6.18 Å². The Morgan fingerprint density at radius 2 is 1.73 bits per heavy atom. The normalized spacial score (nSPS) is 15.4. The van der Waals surface area contributed by atoms with Crippen molar-refractivity contribution in [1.82, 2.24) is 24.9 Å². The number of benzene rings is 1. The fourth-order valence-electron chi connectivity index (χ4n) is 3.09. The van der Waals surface area contributed by atoms with Crippen LogP contribution >= 0.6 is 0 Å². The van der Waals surface area contributed by atoms with Crippen molar-refractivity contribution in [2.45, 2.75) is 6.18 Å². The lowest BCUT2D eigenvalue weighted by molar-refractivity contribution is -0.137. The quantitative estimate of drug-likeness (QED) is 0.652. The van der Waals surface area contributed by atoms with Crippen LogP contribution in [0.25, 0.3) is 23.0 Å². The average Bonchev–Trinajstić information content (AvgIpc) is 3.24. The lowest BCUT2D eigenvalue weighted by atomic mass is 10.1. The molecule has 1 fully saturated rings. The average molecular weight is 417 g/mol. The second-order valence-corrected chi connectivity index (χ2v) is 7.03. The van der Waals surface area contributed by atoms with E-state index in [2.05, 4.69) is 20.0 Å². The lowest BCUT2D eigenvalue weighted by Crippen LogP contribution is -2.47. The summed E-state index contributed by atoms with van der Waals surface area (Å²) in [5.41, 5.74) is 0.471. The Morgan fingerprint density at radius 1 is 1.03 bits per heavy atom. The zero-order valence-corrected chi connectivity index (χ0v) is 16.1. The van der Waals surface area contributed by atoms with Gasteiger partial charge in [0.1, 0.15) is 5.69 Å². The van der Waals surface area contributed by atoms with E-state index >= 15 is 0 Å². The lowest BCUT2D eigenvalue weighted by Gasteiger charge is -2.32. The van der Waals surface area contributed by atoms with Crippen molar-refractivity contribution in [1.29, 1.82) is 0 Å². The highest BCUT2D eigenvalue weighted by Crippen LogP contribution is 2.30. The molecule has 156 valence electrons. The van der Waals surface area contributed by atoms with Crippen LogP contribution in [0.15, 0.2) is 47.1 Å². The van der Waals surface area contributed by atoms with Crippen LogP contribution in [0.1, 0.15) is 15.9 Å². The van der Waals surface area contributed by atoms with Crippen molar-refractivity contribution in [3.05, 3.63) is 53.7 Å². The summed E-state index contributed by atoms with van der Waals surface area (Å²) in [7, 11) is 2.02. The molecule has 3 heterocycles. The maximum absolute atomic E-state index is 12.7. The van der Waals surface area contributed by atoms with Crippen molar-refractivity contribution in [3.8, 4) is 23.0 Å². The minimum absolute atomic E-state index is 0.0851. The van der Waals surface area contributed by atoms with Crippen LogP contribution in [0.3, 0.4) is 0 Å². The van der Waals surface area contributed by atoms with E-state index in [0.717, 1.165) is 25.2 Å². The van der Waals surface area contributed by atoms with E-state index < -0.39 is 11.7 Å². The molecule has 0 bridgehead atoms. The van der Waals surface area contributed by atoms with E-state index in [1.807, 2.05) is 7.05 Å². The minimum atomic E-state index is -4.41. The number of piperazine rings is 1. The first-order valence-electron chi connectivity index (χ1n) is 9.27. The summed E-state index contributed by atoms with van der Waals surface area (Å²) in [6.07, 6.45) is -2.95. The number of halogens is 3. The second-order valence-electron chi connectivity index (χ2n) is 7.03. The Morgan fingerprint density at radius 3 is 2.33 bits per heavy atom. The number of amides is 1. The Kier molecular flexibility index (Phi) is 5.25. The van der Waals surface area contributed by atoms with Gasteiger partial charge in [-0.05, 0) is 31.3 Å². The summed E-state index contributed by atoms with van der Waals surface area (Å²) >= 11 is 0. The van der Waals surface area contributed by atoms with E-state index in [4.69, 9.17) is 4.52 Å². The molecule has 0 N–H and O–H groups in total. The predicted molar refractivity (Wildman–Crippen MR) is 101 cm³/mol. The van der Waals surface area contributed by atoms with E-state index in [0.29, 0.717) is 29.9 Å². The Hall–Kier alpha value is -3.27. The molecule has 30 heavy (non-hydrogen) atoms. The molecule has 2 aromatic heterocycles. The fraction of sp³-hybridized carbons (Fsp3) is 0.300. The first-order chi connectivity index (χ1) is 14.3. The van der Waals surface area contributed by atoms with Gasteiger partial charge in [0.2, 0.25) is 5.82 Å². The van der Waals surface area contributed by atoms with Crippen LogP contribution in [-0.4, -0.2) is 64.1 Å². The SMILES string of the molecule is CN1CCN(C(=O)c2ccc(-c3nc(-c4ccc(C(F)(F)F)cc4)no3)nc2)CC1. The highest BCUT2D eigenvalue weighted by molar-refractivity contribution is 5.94.